The lowest BCUT2D eigenvalue weighted by molar-refractivity contribution is -0.0451. The molecule has 4 N–H and O–H groups in total. The van der Waals surface area contributed by atoms with Crippen LogP contribution in [-0.4, -0.2) is 15.2 Å². The maximum atomic E-state index is 8.62. The van der Waals surface area contributed by atoms with Crippen molar-refractivity contribution in [2.24, 2.45) is 0 Å². The second-order valence-corrected chi connectivity index (χ2v) is 1.85. The molecule has 0 unspecified atom stereocenters. The Bertz CT molecular complexity index is 225. The summed E-state index contributed by atoms with van der Waals surface area (Å²) in [7, 11) is 0. The third-order valence-corrected chi connectivity index (χ3v) is 1.12. The topological polar surface area (TPSA) is 79.4 Å². The Labute approximate surface area is 57.9 Å². The molecule has 0 amide bonds. The number of nitrogen functional groups attached to an aromatic ring is 1. The van der Waals surface area contributed by atoms with Crippen LogP contribution in [0.15, 0.2) is 18.3 Å². The van der Waals surface area contributed by atoms with E-state index in [1.165, 1.54) is 6.20 Å². The van der Waals surface area contributed by atoms with Gasteiger partial charge in [0.15, 0.2) is 6.29 Å². The van der Waals surface area contributed by atoms with Gasteiger partial charge in [-0.2, -0.15) is 0 Å². The van der Waals surface area contributed by atoms with E-state index in [1.807, 2.05) is 0 Å². The van der Waals surface area contributed by atoms with Crippen molar-refractivity contribution in [1.82, 2.24) is 4.98 Å². The summed E-state index contributed by atoms with van der Waals surface area (Å²) >= 11 is 0. The summed E-state index contributed by atoms with van der Waals surface area (Å²) in [6.07, 6.45) is -0.133. The first kappa shape index (κ1) is 6.98. The SMILES string of the molecule is Nc1cccnc1C(O)O. The molecule has 1 heterocycles. The zero-order valence-electron chi connectivity index (χ0n) is 5.23. The highest BCUT2D eigenvalue weighted by Gasteiger charge is 2.06. The molecule has 1 aromatic rings. The number of hydrogen-bond acceptors (Lipinski definition) is 4. The summed E-state index contributed by atoms with van der Waals surface area (Å²) in [5.41, 5.74) is 5.73. The second-order valence-electron chi connectivity index (χ2n) is 1.85. The average molecular weight is 140 g/mol. The van der Waals surface area contributed by atoms with Gasteiger partial charge in [-0.25, -0.2) is 0 Å². The van der Waals surface area contributed by atoms with Crippen LogP contribution in [0.4, 0.5) is 5.69 Å². The van der Waals surface area contributed by atoms with Gasteiger partial charge in [-0.3, -0.25) is 4.98 Å². The Balaban J connectivity index is 3.03. The van der Waals surface area contributed by atoms with E-state index in [1.54, 1.807) is 12.1 Å². The molecule has 54 valence electrons. The third-order valence-electron chi connectivity index (χ3n) is 1.12. The van der Waals surface area contributed by atoms with Gasteiger partial charge in [0, 0.05) is 6.20 Å². The Morgan fingerprint density at radius 2 is 2.20 bits per heavy atom. The molecule has 0 bridgehead atoms. The summed E-state index contributed by atoms with van der Waals surface area (Å²) in [6.45, 7) is 0. The Morgan fingerprint density at radius 1 is 1.50 bits per heavy atom. The smallest absolute Gasteiger partial charge is 0.198 e. The largest absolute Gasteiger partial charge is 0.397 e. The first-order valence-corrected chi connectivity index (χ1v) is 2.78. The van der Waals surface area contributed by atoms with Gasteiger partial charge in [-0.05, 0) is 12.1 Å². The predicted molar refractivity (Wildman–Crippen MR) is 35.8 cm³/mol. The van der Waals surface area contributed by atoms with Gasteiger partial charge >= 0.3 is 0 Å². The van der Waals surface area contributed by atoms with Crippen LogP contribution in [0, 0.1) is 0 Å². The number of nitrogens with zero attached hydrogens (tertiary/aromatic N) is 1. The van der Waals surface area contributed by atoms with E-state index in [0.717, 1.165) is 0 Å². The molecule has 0 fully saturated rings. The lowest BCUT2D eigenvalue weighted by Gasteiger charge is -2.03. The highest BCUT2D eigenvalue weighted by atomic mass is 16.5. The van der Waals surface area contributed by atoms with Gasteiger partial charge in [0.2, 0.25) is 0 Å². The first-order chi connectivity index (χ1) is 4.72. The maximum Gasteiger partial charge on any atom is 0.198 e. The molecule has 1 rings (SSSR count). The minimum absolute atomic E-state index is 0.0995. The van der Waals surface area contributed by atoms with E-state index in [0.29, 0.717) is 0 Å². The number of pyridine rings is 1. The van der Waals surface area contributed by atoms with Gasteiger partial charge in [0.1, 0.15) is 5.69 Å². The summed E-state index contributed by atoms with van der Waals surface area (Å²) in [6, 6.07) is 3.18. The lowest BCUT2D eigenvalue weighted by atomic mass is 10.3. The van der Waals surface area contributed by atoms with Crippen LogP contribution in [0.5, 0.6) is 0 Å². The van der Waals surface area contributed by atoms with Crippen molar-refractivity contribution >= 4 is 5.69 Å². The van der Waals surface area contributed by atoms with Gasteiger partial charge in [-0.15, -0.1) is 0 Å². The van der Waals surface area contributed by atoms with Crippen LogP contribution < -0.4 is 5.73 Å². The van der Waals surface area contributed by atoms with Crippen LogP contribution in [-0.2, 0) is 0 Å². The monoisotopic (exact) mass is 140 g/mol. The Morgan fingerprint density at radius 3 is 2.60 bits per heavy atom. The molecule has 0 radical (unpaired) electrons. The summed E-state index contributed by atoms with van der Waals surface area (Å²) in [5, 5.41) is 17.2. The van der Waals surface area contributed by atoms with Crippen LogP contribution in [0.2, 0.25) is 0 Å². The van der Waals surface area contributed by atoms with Crippen molar-refractivity contribution in [3.05, 3.63) is 24.0 Å². The van der Waals surface area contributed by atoms with Crippen molar-refractivity contribution in [3.8, 4) is 0 Å². The van der Waals surface area contributed by atoms with Crippen molar-refractivity contribution in [2.75, 3.05) is 5.73 Å². The van der Waals surface area contributed by atoms with Crippen LogP contribution in [0.25, 0.3) is 0 Å². The van der Waals surface area contributed by atoms with E-state index in [-0.39, 0.29) is 11.4 Å². The molecule has 0 aromatic carbocycles. The molecular weight excluding hydrogens is 132 g/mol. The molecule has 4 heteroatoms. The number of anilines is 1. The quantitative estimate of drug-likeness (QED) is 0.466. The Kier molecular flexibility index (Phi) is 1.84. The van der Waals surface area contributed by atoms with E-state index in [2.05, 4.69) is 4.98 Å². The van der Waals surface area contributed by atoms with Crippen LogP contribution in [0.3, 0.4) is 0 Å². The molecule has 1 aromatic heterocycles. The van der Waals surface area contributed by atoms with E-state index >= 15 is 0 Å². The normalized spacial score (nSPS) is 10.3. The molecule has 0 saturated heterocycles. The molecule has 0 aliphatic carbocycles. The molecule has 0 aliphatic heterocycles. The number of aliphatic hydroxyl groups is 2. The number of rotatable bonds is 1. The van der Waals surface area contributed by atoms with Gasteiger partial charge in [-0.1, -0.05) is 0 Å². The van der Waals surface area contributed by atoms with Crippen molar-refractivity contribution in [1.29, 1.82) is 0 Å². The fourth-order valence-electron chi connectivity index (χ4n) is 0.646. The van der Waals surface area contributed by atoms with E-state index in [4.69, 9.17) is 15.9 Å². The van der Waals surface area contributed by atoms with Crippen LogP contribution >= 0.6 is 0 Å². The second kappa shape index (κ2) is 2.64. The fraction of sp³-hybridized carbons (Fsp3) is 0.167. The standard InChI is InChI=1S/C6H8N2O2/c7-4-2-1-3-8-5(4)6(9)10/h1-3,6,9-10H,7H2. The molecule has 10 heavy (non-hydrogen) atoms. The van der Waals surface area contributed by atoms with Crippen molar-refractivity contribution in [3.63, 3.8) is 0 Å². The predicted octanol–water partition coefficient (Wildman–Crippen LogP) is -0.353. The summed E-state index contributed by atoms with van der Waals surface area (Å²) in [5.74, 6) is 0. The number of hydrogen-bond donors (Lipinski definition) is 3. The minimum Gasteiger partial charge on any atom is -0.397 e. The van der Waals surface area contributed by atoms with Crippen molar-refractivity contribution in [2.45, 2.75) is 6.29 Å². The summed E-state index contributed by atoms with van der Waals surface area (Å²) in [4.78, 5) is 3.65. The Hall–Kier alpha value is -1.13. The van der Waals surface area contributed by atoms with Crippen LogP contribution in [0.1, 0.15) is 12.0 Å². The molecule has 0 saturated carbocycles. The molecule has 4 nitrogen and oxygen atoms in total. The first-order valence-electron chi connectivity index (χ1n) is 2.78. The average Bonchev–Trinajstić information content (AvgIpc) is 1.88. The summed E-state index contributed by atoms with van der Waals surface area (Å²) < 4.78 is 0. The number of aromatic nitrogens is 1. The van der Waals surface area contributed by atoms with E-state index in [9.17, 15) is 0 Å². The third kappa shape index (κ3) is 1.23. The van der Waals surface area contributed by atoms with E-state index < -0.39 is 6.29 Å². The lowest BCUT2D eigenvalue weighted by Crippen LogP contribution is -2.02. The number of aliphatic hydroxyl groups excluding tert-OH is 1. The zero-order valence-corrected chi connectivity index (χ0v) is 5.23. The highest BCUT2D eigenvalue weighted by Crippen LogP contribution is 2.13. The highest BCUT2D eigenvalue weighted by molar-refractivity contribution is 5.42. The molecular formula is C6H8N2O2. The molecule has 0 spiro atoms. The minimum atomic E-state index is -1.58. The molecule has 0 atom stereocenters. The zero-order chi connectivity index (χ0) is 7.56. The molecule has 0 aliphatic rings. The van der Waals surface area contributed by atoms with Gasteiger partial charge in [0.25, 0.3) is 0 Å². The number of nitrogens with two attached hydrogens (primary N) is 1. The maximum absolute atomic E-state index is 8.62. The van der Waals surface area contributed by atoms with Gasteiger partial charge < -0.3 is 15.9 Å². The van der Waals surface area contributed by atoms with Gasteiger partial charge in [0.05, 0.1) is 5.69 Å². The fourth-order valence-corrected chi connectivity index (χ4v) is 0.646. The van der Waals surface area contributed by atoms with Crippen molar-refractivity contribution < 1.29 is 10.2 Å².